The number of rotatable bonds is 6. The SMILES string of the molecule is CCCC(C)C(NC)C1CN(C(C)C)CCO1. The van der Waals surface area contributed by atoms with Gasteiger partial charge in [-0.2, -0.15) is 0 Å². The molecule has 0 spiro atoms. The molecule has 0 aliphatic carbocycles. The first-order valence-corrected chi connectivity index (χ1v) is 7.13. The van der Waals surface area contributed by atoms with Crippen molar-refractivity contribution in [3.05, 3.63) is 0 Å². The van der Waals surface area contributed by atoms with Crippen molar-refractivity contribution < 1.29 is 4.74 Å². The molecule has 0 radical (unpaired) electrons. The molecule has 1 N–H and O–H groups in total. The average molecular weight is 242 g/mol. The molecule has 1 fully saturated rings. The van der Waals surface area contributed by atoms with Gasteiger partial charge in [0.25, 0.3) is 0 Å². The van der Waals surface area contributed by atoms with Gasteiger partial charge in [-0.05, 0) is 33.2 Å². The minimum absolute atomic E-state index is 0.345. The molecule has 3 unspecified atom stereocenters. The zero-order valence-corrected chi connectivity index (χ0v) is 12.2. The number of hydrogen-bond acceptors (Lipinski definition) is 3. The van der Waals surface area contributed by atoms with E-state index in [1.54, 1.807) is 0 Å². The van der Waals surface area contributed by atoms with E-state index in [4.69, 9.17) is 4.74 Å². The Bertz CT molecular complexity index is 208. The maximum absolute atomic E-state index is 5.97. The van der Waals surface area contributed by atoms with Gasteiger partial charge in [-0.3, -0.25) is 4.90 Å². The molecule has 3 heteroatoms. The summed E-state index contributed by atoms with van der Waals surface area (Å²) in [5.74, 6) is 0.683. The molecular weight excluding hydrogens is 212 g/mol. The molecule has 1 aliphatic heterocycles. The van der Waals surface area contributed by atoms with Gasteiger partial charge >= 0.3 is 0 Å². The van der Waals surface area contributed by atoms with Crippen molar-refractivity contribution in [3.8, 4) is 0 Å². The van der Waals surface area contributed by atoms with Gasteiger partial charge in [0.05, 0.1) is 12.7 Å². The van der Waals surface area contributed by atoms with Crippen molar-refractivity contribution in [2.75, 3.05) is 26.7 Å². The molecule has 17 heavy (non-hydrogen) atoms. The predicted octanol–water partition coefficient (Wildman–Crippen LogP) is 2.12. The van der Waals surface area contributed by atoms with E-state index in [1.165, 1.54) is 12.8 Å². The Morgan fingerprint density at radius 1 is 1.35 bits per heavy atom. The number of ether oxygens (including phenoxy) is 1. The number of likely N-dealkylation sites (N-methyl/N-ethyl adjacent to an activating group) is 1. The topological polar surface area (TPSA) is 24.5 Å². The van der Waals surface area contributed by atoms with Crippen molar-refractivity contribution in [2.24, 2.45) is 5.92 Å². The van der Waals surface area contributed by atoms with Crippen molar-refractivity contribution >= 4 is 0 Å². The van der Waals surface area contributed by atoms with Crippen LogP contribution in [-0.4, -0.2) is 49.8 Å². The summed E-state index contributed by atoms with van der Waals surface area (Å²) in [5, 5.41) is 3.46. The van der Waals surface area contributed by atoms with Crippen LogP contribution >= 0.6 is 0 Å². The summed E-state index contributed by atoms with van der Waals surface area (Å²) in [6.45, 7) is 12.1. The van der Waals surface area contributed by atoms with Crippen LogP contribution in [-0.2, 0) is 4.74 Å². The van der Waals surface area contributed by atoms with Crippen LogP contribution in [0.25, 0.3) is 0 Å². The highest BCUT2D eigenvalue weighted by Crippen LogP contribution is 2.19. The Morgan fingerprint density at radius 3 is 2.59 bits per heavy atom. The first-order valence-electron chi connectivity index (χ1n) is 7.13. The summed E-state index contributed by atoms with van der Waals surface area (Å²) < 4.78 is 5.97. The van der Waals surface area contributed by atoms with Gasteiger partial charge in [-0.15, -0.1) is 0 Å². The maximum atomic E-state index is 5.97. The van der Waals surface area contributed by atoms with Gasteiger partial charge < -0.3 is 10.1 Å². The third kappa shape index (κ3) is 4.23. The molecule has 0 saturated carbocycles. The van der Waals surface area contributed by atoms with Crippen LogP contribution in [0.2, 0.25) is 0 Å². The predicted molar refractivity (Wildman–Crippen MR) is 73.4 cm³/mol. The Balaban J connectivity index is 2.55. The van der Waals surface area contributed by atoms with Crippen LogP contribution in [0.1, 0.15) is 40.5 Å². The van der Waals surface area contributed by atoms with E-state index in [2.05, 4.69) is 45.0 Å². The normalized spacial score (nSPS) is 26.1. The molecular formula is C14H30N2O. The monoisotopic (exact) mass is 242 g/mol. The van der Waals surface area contributed by atoms with Crippen LogP contribution in [0.3, 0.4) is 0 Å². The Hall–Kier alpha value is -0.120. The third-order valence-corrected chi connectivity index (χ3v) is 3.95. The lowest BCUT2D eigenvalue weighted by molar-refractivity contribution is -0.0629. The van der Waals surface area contributed by atoms with Gasteiger partial charge in [-0.1, -0.05) is 20.3 Å². The summed E-state index contributed by atoms with van der Waals surface area (Å²) in [4.78, 5) is 2.52. The fraction of sp³-hybridized carbons (Fsp3) is 1.00. The number of morpholine rings is 1. The van der Waals surface area contributed by atoms with E-state index in [0.29, 0.717) is 24.1 Å². The first-order chi connectivity index (χ1) is 8.10. The van der Waals surface area contributed by atoms with Crippen molar-refractivity contribution in [1.82, 2.24) is 10.2 Å². The zero-order valence-electron chi connectivity index (χ0n) is 12.2. The highest BCUT2D eigenvalue weighted by Gasteiger charge is 2.31. The lowest BCUT2D eigenvalue weighted by atomic mass is 9.91. The quantitative estimate of drug-likeness (QED) is 0.772. The maximum Gasteiger partial charge on any atom is 0.0857 e. The third-order valence-electron chi connectivity index (χ3n) is 3.95. The van der Waals surface area contributed by atoms with E-state index < -0.39 is 0 Å². The minimum atomic E-state index is 0.345. The second kappa shape index (κ2) is 7.34. The summed E-state index contributed by atoms with van der Waals surface area (Å²) >= 11 is 0. The van der Waals surface area contributed by atoms with Gasteiger partial charge in [0.2, 0.25) is 0 Å². The molecule has 0 bridgehead atoms. The second-order valence-electron chi connectivity index (χ2n) is 5.58. The highest BCUT2D eigenvalue weighted by atomic mass is 16.5. The molecule has 0 aromatic heterocycles. The Kier molecular flexibility index (Phi) is 6.45. The summed E-state index contributed by atoms with van der Waals surface area (Å²) in [6.07, 6.45) is 2.87. The molecule has 0 aromatic rings. The fourth-order valence-corrected chi connectivity index (χ4v) is 2.85. The standard InChI is InChI=1S/C14H30N2O/c1-6-7-12(4)14(15-5)13-10-16(11(2)3)8-9-17-13/h11-15H,6-10H2,1-5H3. The second-order valence-corrected chi connectivity index (χ2v) is 5.58. The zero-order chi connectivity index (χ0) is 12.8. The molecule has 3 nitrogen and oxygen atoms in total. The number of hydrogen-bond donors (Lipinski definition) is 1. The van der Waals surface area contributed by atoms with Crippen molar-refractivity contribution in [3.63, 3.8) is 0 Å². The smallest absolute Gasteiger partial charge is 0.0857 e. The van der Waals surface area contributed by atoms with Crippen LogP contribution in [0, 0.1) is 5.92 Å². The molecule has 0 amide bonds. The van der Waals surface area contributed by atoms with E-state index in [1.807, 2.05) is 0 Å². The molecule has 3 atom stereocenters. The Labute approximate surface area is 107 Å². The van der Waals surface area contributed by atoms with E-state index in [9.17, 15) is 0 Å². The van der Waals surface area contributed by atoms with Crippen molar-refractivity contribution in [2.45, 2.75) is 58.7 Å². The number of nitrogens with zero attached hydrogens (tertiary/aromatic N) is 1. The largest absolute Gasteiger partial charge is 0.374 e. The van der Waals surface area contributed by atoms with Crippen molar-refractivity contribution in [1.29, 1.82) is 0 Å². The van der Waals surface area contributed by atoms with Crippen LogP contribution in [0.15, 0.2) is 0 Å². The van der Waals surface area contributed by atoms with Gasteiger partial charge in [-0.25, -0.2) is 0 Å². The van der Waals surface area contributed by atoms with Crippen LogP contribution in [0.5, 0.6) is 0 Å². The molecule has 102 valence electrons. The lowest BCUT2D eigenvalue weighted by Gasteiger charge is -2.40. The highest BCUT2D eigenvalue weighted by molar-refractivity contribution is 4.86. The average Bonchev–Trinajstić information content (AvgIpc) is 2.30. The van der Waals surface area contributed by atoms with Gasteiger partial charge in [0.15, 0.2) is 0 Å². The molecule has 0 aromatic carbocycles. The summed E-state index contributed by atoms with van der Waals surface area (Å²) in [5.41, 5.74) is 0. The van der Waals surface area contributed by atoms with E-state index >= 15 is 0 Å². The number of nitrogens with one attached hydrogen (secondary N) is 1. The summed E-state index contributed by atoms with van der Waals surface area (Å²) in [6, 6.07) is 1.11. The van der Waals surface area contributed by atoms with Gasteiger partial charge in [0, 0.05) is 25.2 Å². The van der Waals surface area contributed by atoms with E-state index in [-0.39, 0.29) is 0 Å². The molecule has 1 rings (SSSR count). The molecule has 1 saturated heterocycles. The summed E-state index contributed by atoms with van der Waals surface area (Å²) in [7, 11) is 2.06. The lowest BCUT2D eigenvalue weighted by Crippen LogP contribution is -2.55. The Morgan fingerprint density at radius 2 is 2.06 bits per heavy atom. The minimum Gasteiger partial charge on any atom is -0.374 e. The fourth-order valence-electron chi connectivity index (χ4n) is 2.85. The van der Waals surface area contributed by atoms with Crippen LogP contribution < -0.4 is 5.32 Å². The van der Waals surface area contributed by atoms with Crippen LogP contribution in [0.4, 0.5) is 0 Å². The van der Waals surface area contributed by atoms with Gasteiger partial charge in [0.1, 0.15) is 0 Å². The van der Waals surface area contributed by atoms with E-state index in [0.717, 1.165) is 19.7 Å². The first kappa shape index (κ1) is 14.9. The molecule has 1 aliphatic rings. The molecule has 1 heterocycles.